The Hall–Kier alpha value is -1.35. The fourth-order valence-electron chi connectivity index (χ4n) is 2.77. The van der Waals surface area contributed by atoms with Crippen molar-refractivity contribution in [3.63, 3.8) is 0 Å². The lowest BCUT2D eigenvalue weighted by molar-refractivity contribution is -0.135. The van der Waals surface area contributed by atoms with Crippen LogP contribution in [-0.2, 0) is 10.4 Å². The molecule has 1 fully saturated rings. The Morgan fingerprint density at radius 3 is 2.65 bits per heavy atom. The highest BCUT2D eigenvalue weighted by molar-refractivity contribution is 5.73. The van der Waals surface area contributed by atoms with E-state index in [0.717, 1.165) is 24.8 Å². The number of nitrogens with zero attached hydrogens (tertiary/aromatic N) is 1. The van der Waals surface area contributed by atoms with E-state index in [0.29, 0.717) is 0 Å². The molecule has 92 valence electrons. The number of carbonyl (C=O) groups excluding carboxylic acids is 1. The standard InChI is InChI=1S/C14H19NO2/c1-11(16)15(2)13-9-6-10-14(13,17)12-7-4-3-5-8-12/h3-5,7-8,13,17H,6,9-10H2,1-2H3/t13?,14-/m0/s1. The van der Waals surface area contributed by atoms with Gasteiger partial charge in [0.1, 0.15) is 5.60 Å². The maximum Gasteiger partial charge on any atom is 0.219 e. The first kappa shape index (κ1) is 12.1. The number of likely N-dealkylation sites (N-methyl/N-ethyl adjacent to an activating group) is 1. The lowest BCUT2D eigenvalue weighted by Gasteiger charge is -2.36. The van der Waals surface area contributed by atoms with Gasteiger partial charge in [-0.1, -0.05) is 30.3 Å². The van der Waals surface area contributed by atoms with Crippen LogP contribution in [0.3, 0.4) is 0 Å². The van der Waals surface area contributed by atoms with E-state index in [1.165, 1.54) is 0 Å². The highest BCUT2D eigenvalue weighted by atomic mass is 16.3. The highest BCUT2D eigenvalue weighted by Crippen LogP contribution is 2.41. The minimum absolute atomic E-state index is 0.00579. The summed E-state index contributed by atoms with van der Waals surface area (Å²) in [6.07, 6.45) is 2.54. The summed E-state index contributed by atoms with van der Waals surface area (Å²) in [5.74, 6) is 0.00579. The minimum Gasteiger partial charge on any atom is -0.383 e. The molecule has 3 heteroatoms. The van der Waals surface area contributed by atoms with Crippen molar-refractivity contribution in [3.05, 3.63) is 35.9 Å². The third-order valence-corrected chi connectivity index (χ3v) is 3.82. The zero-order valence-electron chi connectivity index (χ0n) is 10.4. The first-order valence-corrected chi connectivity index (χ1v) is 6.07. The maximum atomic E-state index is 11.5. The van der Waals surface area contributed by atoms with Crippen LogP contribution < -0.4 is 0 Å². The molecule has 0 aromatic heterocycles. The van der Waals surface area contributed by atoms with Gasteiger partial charge in [0.05, 0.1) is 6.04 Å². The summed E-state index contributed by atoms with van der Waals surface area (Å²) in [4.78, 5) is 13.1. The van der Waals surface area contributed by atoms with Crippen LogP contribution in [0.15, 0.2) is 30.3 Å². The van der Waals surface area contributed by atoms with Gasteiger partial charge in [-0.05, 0) is 24.8 Å². The molecule has 1 saturated carbocycles. The van der Waals surface area contributed by atoms with Gasteiger partial charge in [0.2, 0.25) is 5.91 Å². The zero-order valence-corrected chi connectivity index (χ0v) is 10.4. The summed E-state index contributed by atoms with van der Waals surface area (Å²) < 4.78 is 0. The summed E-state index contributed by atoms with van der Waals surface area (Å²) in [5.41, 5.74) is 0.0254. The molecule has 1 aliphatic carbocycles. The Morgan fingerprint density at radius 1 is 1.41 bits per heavy atom. The molecule has 1 aromatic rings. The van der Waals surface area contributed by atoms with Crippen LogP contribution in [0.4, 0.5) is 0 Å². The lowest BCUT2D eigenvalue weighted by atomic mass is 9.88. The predicted molar refractivity (Wildman–Crippen MR) is 66.4 cm³/mol. The number of hydrogen-bond acceptors (Lipinski definition) is 2. The second kappa shape index (κ2) is 4.49. The van der Waals surface area contributed by atoms with Crippen molar-refractivity contribution in [2.45, 2.75) is 37.8 Å². The molecular formula is C14H19NO2. The Kier molecular flexibility index (Phi) is 3.20. The molecule has 1 amide bonds. The first-order valence-electron chi connectivity index (χ1n) is 6.07. The van der Waals surface area contributed by atoms with E-state index < -0.39 is 5.60 Å². The lowest BCUT2D eigenvalue weighted by Crippen LogP contribution is -2.47. The topological polar surface area (TPSA) is 40.5 Å². The van der Waals surface area contributed by atoms with Gasteiger partial charge in [0.25, 0.3) is 0 Å². The van der Waals surface area contributed by atoms with Crippen LogP contribution in [0.1, 0.15) is 31.7 Å². The van der Waals surface area contributed by atoms with E-state index in [2.05, 4.69) is 0 Å². The van der Waals surface area contributed by atoms with Gasteiger partial charge in [-0.2, -0.15) is 0 Å². The Morgan fingerprint density at radius 2 is 2.06 bits per heavy atom. The van der Waals surface area contributed by atoms with Crippen molar-refractivity contribution in [1.82, 2.24) is 4.90 Å². The van der Waals surface area contributed by atoms with Crippen LogP contribution >= 0.6 is 0 Å². The van der Waals surface area contributed by atoms with E-state index in [1.54, 1.807) is 18.9 Å². The van der Waals surface area contributed by atoms with Gasteiger partial charge in [0, 0.05) is 14.0 Å². The molecule has 0 radical (unpaired) electrons. The van der Waals surface area contributed by atoms with Crippen molar-refractivity contribution in [2.75, 3.05) is 7.05 Å². The van der Waals surface area contributed by atoms with Crippen molar-refractivity contribution < 1.29 is 9.90 Å². The summed E-state index contributed by atoms with van der Waals surface area (Å²) in [6.45, 7) is 1.55. The maximum absolute atomic E-state index is 11.5. The van der Waals surface area contributed by atoms with Crippen molar-refractivity contribution in [2.24, 2.45) is 0 Å². The van der Waals surface area contributed by atoms with Crippen LogP contribution in [0.25, 0.3) is 0 Å². The first-order chi connectivity index (χ1) is 8.05. The summed E-state index contributed by atoms with van der Waals surface area (Å²) in [7, 11) is 1.77. The average Bonchev–Trinajstić information content (AvgIpc) is 2.72. The SMILES string of the molecule is CC(=O)N(C)C1CCC[C@]1(O)c1ccccc1. The zero-order chi connectivity index (χ0) is 12.5. The molecule has 1 aromatic carbocycles. The van der Waals surface area contributed by atoms with Crippen molar-refractivity contribution >= 4 is 5.91 Å². The number of aliphatic hydroxyl groups is 1. The number of carbonyl (C=O) groups is 1. The van der Waals surface area contributed by atoms with Crippen LogP contribution in [0.2, 0.25) is 0 Å². The minimum atomic E-state index is -0.887. The van der Waals surface area contributed by atoms with Gasteiger partial charge in [-0.3, -0.25) is 4.79 Å². The van der Waals surface area contributed by atoms with E-state index in [-0.39, 0.29) is 11.9 Å². The van der Waals surface area contributed by atoms with E-state index in [4.69, 9.17) is 0 Å². The third kappa shape index (κ3) is 2.07. The molecule has 1 aliphatic rings. The molecule has 3 nitrogen and oxygen atoms in total. The molecule has 2 atom stereocenters. The highest BCUT2D eigenvalue weighted by Gasteiger charge is 2.45. The molecule has 0 bridgehead atoms. The Balaban J connectivity index is 2.33. The largest absolute Gasteiger partial charge is 0.383 e. The van der Waals surface area contributed by atoms with Gasteiger partial charge in [-0.25, -0.2) is 0 Å². The van der Waals surface area contributed by atoms with E-state index in [9.17, 15) is 9.90 Å². The Bertz CT molecular complexity index is 404. The molecule has 0 saturated heterocycles. The number of amides is 1. The summed E-state index contributed by atoms with van der Waals surface area (Å²) in [6, 6.07) is 9.55. The molecule has 0 heterocycles. The van der Waals surface area contributed by atoms with Gasteiger partial charge < -0.3 is 10.0 Å². The quantitative estimate of drug-likeness (QED) is 0.847. The molecule has 0 spiro atoms. The fourth-order valence-corrected chi connectivity index (χ4v) is 2.77. The summed E-state index contributed by atoms with van der Waals surface area (Å²) >= 11 is 0. The predicted octanol–water partition coefficient (Wildman–Crippen LogP) is 1.91. The van der Waals surface area contributed by atoms with E-state index in [1.807, 2.05) is 30.3 Å². The monoisotopic (exact) mass is 233 g/mol. The molecule has 1 N–H and O–H groups in total. The number of hydrogen-bond donors (Lipinski definition) is 1. The number of rotatable bonds is 2. The average molecular weight is 233 g/mol. The molecule has 0 aliphatic heterocycles. The molecular weight excluding hydrogens is 214 g/mol. The second-order valence-corrected chi connectivity index (χ2v) is 4.83. The third-order valence-electron chi connectivity index (χ3n) is 3.82. The molecule has 17 heavy (non-hydrogen) atoms. The van der Waals surface area contributed by atoms with Crippen LogP contribution in [0, 0.1) is 0 Å². The van der Waals surface area contributed by atoms with Crippen molar-refractivity contribution in [3.8, 4) is 0 Å². The Labute approximate surface area is 102 Å². The fraction of sp³-hybridized carbons (Fsp3) is 0.500. The molecule has 2 rings (SSSR count). The van der Waals surface area contributed by atoms with Gasteiger partial charge >= 0.3 is 0 Å². The van der Waals surface area contributed by atoms with Crippen LogP contribution in [0.5, 0.6) is 0 Å². The smallest absolute Gasteiger partial charge is 0.219 e. The number of benzene rings is 1. The second-order valence-electron chi connectivity index (χ2n) is 4.83. The van der Waals surface area contributed by atoms with E-state index >= 15 is 0 Å². The van der Waals surface area contributed by atoms with Gasteiger partial charge in [0.15, 0.2) is 0 Å². The normalized spacial score (nSPS) is 28.1. The van der Waals surface area contributed by atoms with Gasteiger partial charge in [-0.15, -0.1) is 0 Å². The summed E-state index contributed by atoms with van der Waals surface area (Å²) in [5, 5.41) is 10.8. The van der Waals surface area contributed by atoms with Crippen LogP contribution in [-0.4, -0.2) is 29.0 Å². The molecule has 1 unspecified atom stereocenters. The van der Waals surface area contributed by atoms with Crippen molar-refractivity contribution in [1.29, 1.82) is 0 Å².